The van der Waals surface area contributed by atoms with Crippen molar-refractivity contribution in [3.63, 3.8) is 0 Å². The molecule has 0 fully saturated rings. The fourth-order valence-electron chi connectivity index (χ4n) is 4.92. The van der Waals surface area contributed by atoms with Gasteiger partial charge in [-0.2, -0.15) is 0 Å². The molecule has 0 saturated carbocycles. The minimum absolute atomic E-state index is 0.0286. The molecular weight excluding hydrogens is 762 g/mol. The van der Waals surface area contributed by atoms with Crippen molar-refractivity contribution in [2.75, 3.05) is 26.4 Å². The van der Waals surface area contributed by atoms with Crippen LogP contribution in [0.1, 0.15) is 129 Å². The molecule has 330 valence electrons. The number of carbonyl (C=O) groups excluding carboxylic acids is 2. The van der Waals surface area contributed by atoms with E-state index in [0.717, 1.165) is 89.9 Å². The Labute approximate surface area is 357 Å². The SMILES string of the molecule is CCC=CCC=CCC=CCC=CCC=CCC=CCCC(=O)OC(COC(=O)CCCCCC=CCC=CCC=CCC=CCC=CCC)COP(=O)(O)OCCN. The molecule has 0 radical (unpaired) electrons. The van der Waals surface area contributed by atoms with Crippen LogP contribution >= 0.6 is 7.82 Å². The van der Waals surface area contributed by atoms with E-state index in [9.17, 15) is 19.0 Å². The van der Waals surface area contributed by atoms with E-state index in [1.165, 1.54) is 0 Å². The second-order valence-corrected chi connectivity index (χ2v) is 14.9. The van der Waals surface area contributed by atoms with Crippen LogP contribution in [0.2, 0.25) is 0 Å². The van der Waals surface area contributed by atoms with Crippen LogP contribution in [0.25, 0.3) is 0 Å². The van der Waals surface area contributed by atoms with Crippen LogP contribution in [0.15, 0.2) is 134 Å². The van der Waals surface area contributed by atoms with E-state index in [4.69, 9.17) is 24.3 Å². The third kappa shape index (κ3) is 43.6. The first-order valence-electron chi connectivity index (χ1n) is 21.7. The van der Waals surface area contributed by atoms with E-state index >= 15 is 0 Å². The Morgan fingerprint density at radius 2 is 0.915 bits per heavy atom. The number of allylic oxidation sites excluding steroid dienone is 22. The summed E-state index contributed by atoms with van der Waals surface area (Å²) in [4.78, 5) is 34.9. The Balaban J connectivity index is 4.38. The largest absolute Gasteiger partial charge is 0.472 e. The summed E-state index contributed by atoms with van der Waals surface area (Å²) in [6.45, 7) is 3.34. The highest BCUT2D eigenvalue weighted by Gasteiger charge is 2.25. The summed E-state index contributed by atoms with van der Waals surface area (Å²) in [6, 6.07) is 0. The number of ether oxygens (including phenoxy) is 2. The molecular formula is C49H76NO8P. The van der Waals surface area contributed by atoms with Crippen molar-refractivity contribution < 1.29 is 37.6 Å². The third-order valence-electron chi connectivity index (χ3n) is 8.05. The highest BCUT2D eigenvalue weighted by atomic mass is 31.2. The maximum atomic E-state index is 12.6. The van der Waals surface area contributed by atoms with Crippen LogP contribution in [-0.4, -0.2) is 49.3 Å². The summed E-state index contributed by atoms with van der Waals surface area (Å²) in [5.74, 6) is -0.981. The van der Waals surface area contributed by atoms with Crippen molar-refractivity contribution in [1.29, 1.82) is 0 Å². The lowest BCUT2D eigenvalue weighted by Gasteiger charge is -2.19. The monoisotopic (exact) mass is 838 g/mol. The summed E-state index contributed by atoms with van der Waals surface area (Å²) in [5.41, 5.74) is 5.34. The lowest BCUT2D eigenvalue weighted by molar-refractivity contribution is -0.161. The predicted molar refractivity (Wildman–Crippen MR) is 247 cm³/mol. The molecule has 0 aromatic heterocycles. The lowest BCUT2D eigenvalue weighted by atomic mass is 10.1. The Morgan fingerprint density at radius 1 is 0.508 bits per heavy atom. The van der Waals surface area contributed by atoms with Gasteiger partial charge in [-0.1, -0.05) is 154 Å². The average Bonchev–Trinajstić information content (AvgIpc) is 3.22. The van der Waals surface area contributed by atoms with Gasteiger partial charge in [0, 0.05) is 19.4 Å². The molecule has 10 heteroatoms. The van der Waals surface area contributed by atoms with Gasteiger partial charge in [0.05, 0.1) is 13.2 Å². The summed E-state index contributed by atoms with van der Waals surface area (Å²) in [6.07, 6.45) is 60.7. The van der Waals surface area contributed by atoms with E-state index in [1.54, 1.807) is 0 Å². The van der Waals surface area contributed by atoms with Gasteiger partial charge < -0.3 is 20.1 Å². The molecule has 9 nitrogen and oxygen atoms in total. The molecule has 2 unspecified atom stereocenters. The predicted octanol–water partition coefficient (Wildman–Crippen LogP) is 12.7. The Hall–Kier alpha value is -3.85. The molecule has 0 heterocycles. The minimum Gasteiger partial charge on any atom is -0.462 e. The Kier molecular flexibility index (Phi) is 40.9. The normalized spacial score (nSPS) is 14.6. The number of hydrogen-bond acceptors (Lipinski definition) is 8. The number of unbranched alkanes of at least 4 members (excludes halogenated alkanes) is 3. The summed E-state index contributed by atoms with van der Waals surface area (Å²) in [5, 5.41) is 0. The van der Waals surface area contributed by atoms with Crippen LogP contribution in [-0.2, 0) is 32.7 Å². The van der Waals surface area contributed by atoms with Gasteiger partial charge in [0.25, 0.3) is 0 Å². The van der Waals surface area contributed by atoms with Gasteiger partial charge in [-0.05, 0) is 96.3 Å². The molecule has 0 rings (SSSR count). The summed E-state index contributed by atoms with van der Waals surface area (Å²) >= 11 is 0. The van der Waals surface area contributed by atoms with Crippen LogP contribution in [0.5, 0.6) is 0 Å². The molecule has 0 aliphatic carbocycles. The summed E-state index contributed by atoms with van der Waals surface area (Å²) < 4.78 is 32.7. The number of rotatable bonds is 38. The zero-order valence-electron chi connectivity index (χ0n) is 36.2. The van der Waals surface area contributed by atoms with E-state index in [2.05, 4.69) is 135 Å². The molecule has 2 atom stereocenters. The molecule has 0 amide bonds. The van der Waals surface area contributed by atoms with Gasteiger partial charge in [-0.15, -0.1) is 0 Å². The van der Waals surface area contributed by atoms with E-state index in [-0.39, 0.29) is 32.6 Å². The first-order valence-corrected chi connectivity index (χ1v) is 23.2. The van der Waals surface area contributed by atoms with Crippen molar-refractivity contribution in [2.45, 2.75) is 136 Å². The molecule has 0 aromatic carbocycles. The zero-order valence-corrected chi connectivity index (χ0v) is 37.1. The second-order valence-electron chi connectivity index (χ2n) is 13.4. The van der Waals surface area contributed by atoms with Crippen LogP contribution in [0.4, 0.5) is 0 Å². The number of phosphoric acid groups is 1. The van der Waals surface area contributed by atoms with Gasteiger partial charge in [0.2, 0.25) is 0 Å². The topological polar surface area (TPSA) is 134 Å². The van der Waals surface area contributed by atoms with Gasteiger partial charge in [-0.25, -0.2) is 4.57 Å². The third-order valence-corrected chi connectivity index (χ3v) is 9.03. The first-order chi connectivity index (χ1) is 28.8. The maximum Gasteiger partial charge on any atom is 0.472 e. The Morgan fingerprint density at radius 3 is 1.34 bits per heavy atom. The van der Waals surface area contributed by atoms with Crippen molar-refractivity contribution in [3.8, 4) is 0 Å². The fourth-order valence-corrected chi connectivity index (χ4v) is 5.68. The quantitative estimate of drug-likeness (QED) is 0.0270. The van der Waals surface area contributed by atoms with Crippen LogP contribution in [0, 0.1) is 0 Å². The van der Waals surface area contributed by atoms with Gasteiger partial charge in [-0.3, -0.25) is 18.6 Å². The highest BCUT2D eigenvalue weighted by molar-refractivity contribution is 7.47. The van der Waals surface area contributed by atoms with E-state index < -0.39 is 32.5 Å². The average molecular weight is 838 g/mol. The van der Waals surface area contributed by atoms with Crippen LogP contribution < -0.4 is 5.73 Å². The van der Waals surface area contributed by atoms with Crippen molar-refractivity contribution >= 4 is 19.8 Å². The second kappa shape index (κ2) is 43.7. The number of phosphoric ester groups is 1. The number of hydrogen-bond donors (Lipinski definition) is 2. The zero-order chi connectivity index (χ0) is 43.2. The molecule has 59 heavy (non-hydrogen) atoms. The maximum absolute atomic E-state index is 12.6. The molecule has 0 spiro atoms. The molecule has 0 aliphatic heterocycles. The van der Waals surface area contributed by atoms with Crippen LogP contribution in [0.3, 0.4) is 0 Å². The summed E-state index contributed by atoms with van der Waals surface area (Å²) in [7, 11) is -4.42. The smallest absolute Gasteiger partial charge is 0.462 e. The standard InChI is InChI=1S/C49H76NO8P/c1-3-5-7-9-11-13-15-17-19-21-23-25-27-29-31-33-35-37-39-41-48(51)55-45-47(46-57-59(53,54)56-44-43-50)58-49(52)42-40-38-36-34-32-30-28-26-24-22-20-18-16-14-12-10-8-6-4-2/h5-8,11-14,17-20,23-26,29-32,36,38,47H,3-4,9-10,15-16,21-22,27-28,33-35,37,39-46,50H2,1-2H3,(H,53,54). The first kappa shape index (κ1) is 55.2. The van der Waals surface area contributed by atoms with Gasteiger partial charge in [0.15, 0.2) is 6.10 Å². The highest BCUT2D eigenvalue weighted by Crippen LogP contribution is 2.43. The molecule has 0 aromatic rings. The Bertz CT molecular complexity index is 1420. The van der Waals surface area contributed by atoms with Crippen molar-refractivity contribution in [2.24, 2.45) is 5.73 Å². The number of carbonyl (C=O) groups is 2. The minimum atomic E-state index is -4.42. The fraction of sp³-hybridized carbons (Fsp3) is 0.510. The molecule has 0 bridgehead atoms. The number of nitrogens with two attached hydrogens (primary N) is 1. The van der Waals surface area contributed by atoms with Crippen molar-refractivity contribution in [1.82, 2.24) is 0 Å². The van der Waals surface area contributed by atoms with Gasteiger partial charge >= 0.3 is 19.8 Å². The van der Waals surface area contributed by atoms with Gasteiger partial charge in [0.1, 0.15) is 6.61 Å². The molecule has 0 aliphatic rings. The lowest BCUT2D eigenvalue weighted by Crippen LogP contribution is -2.29. The molecule has 3 N–H and O–H groups in total. The molecule has 0 saturated heterocycles. The van der Waals surface area contributed by atoms with E-state index in [0.29, 0.717) is 12.8 Å². The van der Waals surface area contributed by atoms with Crippen molar-refractivity contribution in [3.05, 3.63) is 134 Å². The van der Waals surface area contributed by atoms with E-state index in [1.807, 2.05) is 12.2 Å². The number of esters is 2.